The molecule has 1 aromatic carbocycles. The molecule has 0 saturated heterocycles. The summed E-state index contributed by atoms with van der Waals surface area (Å²) in [5, 5.41) is 8.50. The molecule has 1 unspecified atom stereocenters. The SMILES string of the molecule is CCOS(=O)(=O)c1ccccc1.O=C(O)C1CC=CCC1. The van der Waals surface area contributed by atoms with Gasteiger partial charge in [-0.15, -0.1) is 0 Å². The van der Waals surface area contributed by atoms with E-state index in [9.17, 15) is 13.2 Å². The van der Waals surface area contributed by atoms with Crippen LogP contribution in [-0.2, 0) is 19.1 Å². The van der Waals surface area contributed by atoms with Crippen LogP contribution < -0.4 is 0 Å². The molecule has 0 fully saturated rings. The molecule has 0 aliphatic heterocycles. The summed E-state index contributed by atoms with van der Waals surface area (Å²) >= 11 is 0. The Hall–Kier alpha value is -1.66. The molecular weight excluding hydrogens is 292 g/mol. The van der Waals surface area contributed by atoms with Gasteiger partial charge in [0.15, 0.2) is 0 Å². The van der Waals surface area contributed by atoms with Crippen molar-refractivity contribution in [1.82, 2.24) is 0 Å². The zero-order valence-electron chi connectivity index (χ0n) is 11.9. The Morgan fingerprint density at radius 3 is 2.38 bits per heavy atom. The van der Waals surface area contributed by atoms with Gasteiger partial charge >= 0.3 is 5.97 Å². The van der Waals surface area contributed by atoms with E-state index in [4.69, 9.17) is 5.11 Å². The highest BCUT2D eigenvalue weighted by Gasteiger charge is 2.16. The second-order valence-electron chi connectivity index (χ2n) is 4.49. The topological polar surface area (TPSA) is 80.7 Å². The van der Waals surface area contributed by atoms with E-state index in [0.29, 0.717) is 0 Å². The van der Waals surface area contributed by atoms with Crippen LogP contribution in [0.4, 0.5) is 0 Å². The predicted molar refractivity (Wildman–Crippen MR) is 79.4 cm³/mol. The van der Waals surface area contributed by atoms with Gasteiger partial charge in [0.2, 0.25) is 0 Å². The Balaban J connectivity index is 0.000000219. The summed E-state index contributed by atoms with van der Waals surface area (Å²) in [6.45, 7) is 1.80. The molecule has 21 heavy (non-hydrogen) atoms. The Morgan fingerprint density at radius 1 is 1.29 bits per heavy atom. The van der Waals surface area contributed by atoms with Crippen LogP contribution >= 0.6 is 0 Å². The highest BCUT2D eigenvalue weighted by Crippen LogP contribution is 2.17. The van der Waals surface area contributed by atoms with E-state index < -0.39 is 16.1 Å². The fourth-order valence-electron chi connectivity index (χ4n) is 1.83. The average Bonchev–Trinajstić information content (AvgIpc) is 2.50. The molecule has 5 nitrogen and oxygen atoms in total. The van der Waals surface area contributed by atoms with Crippen LogP contribution in [0.25, 0.3) is 0 Å². The highest BCUT2D eigenvalue weighted by molar-refractivity contribution is 7.86. The van der Waals surface area contributed by atoms with E-state index in [1.165, 1.54) is 12.1 Å². The van der Waals surface area contributed by atoms with Gasteiger partial charge in [0.05, 0.1) is 17.4 Å². The normalized spacial score (nSPS) is 17.7. The fraction of sp³-hybridized carbons (Fsp3) is 0.400. The van der Waals surface area contributed by atoms with Gasteiger partial charge in [0.1, 0.15) is 0 Å². The lowest BCUT2D eigenvalue weighted by Gasteiger charge is -2.11. The average molecular weight is 312 g/mol. The Kier molecular flexibility index (Phi) is 7.11. The number of hydrogen-bond donors (Lipinski definition) is 1. The van der Waals surface area contributed by atoms with Crippen molar-refractivity contribution in [2.45, 2.75) is 31.1 Å². The molecule has 0 spiro atoms. The lowest BCUT2D eigenvalue weighted by atomic mass is 9.95. The number of hydrogen-bond acceptors (Lipinski definition) is 4. The molecule has 1 aliphatic rings. The van der Waals surface area contributed by atoms with Gasteiger partial charge in [-0.05, 0) is 38.3 Å². The van der Waals surface area contributed by atoms with Crippen LogP contribution in [0.1, 0.15) is 26.2 Å². The van der Waals surface area contributed by atoms with Crippen molar-refractivity contribution in [3.05, 3.63) is 42.5 Å². The van der Waals surface area contributed by atoms with Crippen LogP contribution in [-0.4, -0.2) is 26.1 Å². The highest BCUT2D eigenvalue weighted by atomic mass is 32.2. The summed E-state index contributed by atoms with van der Waals surface area (Å²) in [6, 6.07) is 8.08. The summed E-state index contributed by atoms with van der Waals surface area (Å²) in [5.41, 5.74) is 0. The Morgan fingerprint density at radius 2 is 1.95 bits per heavy atom. The number of benzene rings is 1. The smallest absolute Gasteiger partial charge is 0.306 e. The van der Waals surface area contributed by atoms with Crippen LogP contribution in [0, 0.1) is 5.92 Å². The molecule has 1 N–H and O–H groups in total. The molecule has 0 amide bonds. The molecule has 116 valence electrons. The lowest BCUT2D eigenvalue weighted by molar-refractivity contribution is -0.141. The van der Waals surface area contributed by atoms with E-state index in [1.807, 2.05) is 12.2 Å². The third kappa shape index (κ3) is 6.10. The molecule has 1 aromatic rings. The number of carbonyl (C=O) groups is 1. The summed E-state index contributed by atoms with van der Waals surface area (Å²) < 4.78 is 27.0. The zero-order valence-corrected chi connectivity index (χ0v) is 12.8. The second-order valence-corrected chi connectivity index (χ2v) is 6.11. The first-order valence-corrected chi connectivity index (χ1v) is 8.20. The Bertz CT molecular complexity index is 563. The predicted octanol–water partition coefficient (Wildman–Crippen LogP) is 2.84. The summed E-state index contributed by atoms with van der Waals surface area (Å²) in [6.07, 6.45) is 6.44. The minimum atomic E-state index is -3.51. The first-order valence-electron chi connectivity index (χ1n) is 6.79. The minimum Gasteiger partial charge on any atom is -0.481 e. The molecule has 0 aromatic heterocycles. The van der Waals surface area contributed by atoms with E-state index in [0.717, 1.165) is 19.3 Å². The third-order valence-electron chi connectivity index (χ3n) is 2.92. The summed E-state index contributed by atoms with van der Waals surface area (Å²) in [7, 11) is -3.51. The van der Waals surface area contributed by atoms with Crippen molar-refractivity contribution < 1.29 is 22.5 Å². The molecule has 0 saturated carbocycles. The van der Waals surface area contributed by atoms with Gasteiger partial charge in [-0.3, -0.25) is 8.98 Å². The van der Waals surface area contributed by atoms with Crippen molar-refractivity contribution in [3.63, 3.8) is 0 Å². The van der Waals surface area contributed by atoms with Crippen LogP contribution in [0.15, 0.2) is 47.4 Å². The first-order chi connectivity index (χ1) is 9.97. The second kappa shape index (κ2) is 8.59. The third-order valence-corrected chi connectivity index (χ3v) is 4.32. The van der Waals surface area contributed by atoms with Gasteiger partial charge in [-0.25, -0.2) is 0 Å². The molecular formula is C15H20O5S. The monoisotopic (exact) mass is 312 g/mol. The van der Waals surface area contributed by atoms with Gasteiger partial charge in [0, 0.05) is 0 Å². The number of carboxylic acid groups (broad SMARTS) is 1. The summed E-state index contributed by atoms with van der Waals surface area (Å²) in [5.74, 6) is -0.769. The van der Waals surface area contributed by atoms with Gasteiger partial charge in [0.25, 0.3) is 10.1 Å². The number of aliphatic carboxylic acids is 1. The number of allylic oxidation sites excluding steroid dienone is 2. The first kappa shape index (κ1) is 17.4. The molecule has 0 heterocycles. The van der Waals surface area contributed by atoms with E-state index in [2.05, 4.69) is 4.18 Å². The molecule has 1 aliphatic carbocycles. The van der Waals surface area contributed by atoms with Crippen molar-refractivity contribution in [3.8, 4) is 0 Å². The zero-order chi connectivity index (χ0) is 15.7. The molecule has 2 rings (SSSR count). The molecule has 6 heteroatoms. The van der Waals surface area contributed by atoms with E-state index in [1.54, 1.807) is 25.1 Å². The lowest BCUT2D eigenvalue weighted by Crippen LogP contribution is -2.13. The Labute approximate surface area is 125 Å². The number of carboxylic acids is 1. The van der Waals surface area contributed by atoms with E-state index in [-0.39, 0.29) is 17.4 Å². The number of rotatable bonds is 4. The van der Waals surface area contributed by atoms with E-state index >= 15 is 0 Å². The molecule has 0 bridgehead atoms. The fourth-order valence-corrected chi connectivity index (χ4v) is 2.77. The van der Waals surface area contributed by atoms with Gasteiger partial charge in [-0.2, -0.15) is 8.42 Å². The van der Waals surface area contributed by atoms with Crippen molar-refractivity contribution in [1.29, 1.82) is 0 Å². The maximum Gasteiger partial charge on any atom is 0.306 e. The van der Waals surface area contributed by atoms with Crippen LogP contribution in [0.3, 0.4) is 0 Å². The standard InChI is InChI=1S/C8H10O3S.C7H10O2/c1-2-11-12(9,10)8-6-4-3-5-7-8;8-7(9)6-4-2-1-3-5-6/h3-7H,2H2,1H3;1-2,6H,3-5H2,(H,8,9). The quantitative estimate of drug-likeness (QED) is 0.683. The van der Waals surface area contributed by atoms with Crippen molar-refractivity contribution in [2.75, 3.05) is 6.61 Å². The van der Waals surface area contributed by atoms with Crippen LogP contribution in [0.5, 0.6) is 0 Å². The summed E-state index contributed by atoms with van der Waals surface area (Å²) in [4.78, 5) is 10.5. The van der Waals surface area contributed by atoms with Crippen molar-refractivity contribution >= 4 is 16.1 Å². The van der Waals surface area contributed by atoms with Crippen LogP contribution in [0.2, 0.25) is 0 Å². The van der Waals surface area contributed by atoms with Gasteiger partial charge in [-0.1, -0.05) is 30.4 Å². The largest absolute Gasteiger partial charge is 0.481 e. The molecule has 0 radical (unpaired) electrons. The maximum absolute atomic E-state index is 11.2. The van der Waals surface area contributed by atoms with Gasteiger partial charge < -0.3 is 5.11 Å². The minimum absolute atomic E-state index is 0.116. The maximum atomic E-state index is 11.2. The molecule has 1 atom stereocenters. The van der Waals surface area contributed by atoms with Crippen molar-refractivity contribution in [2.24, 2.45) is 5.92 Å².